The third-order valence-electron chi connectivity index (χ3n) is 4.05. The summed E-state index contributed by atoms with van der Waals surface area (Å²) in [5.41, 5.74) is 4.57. The second-order valence-corrected chi connectivity index (χ2v) is 5.49. The van der Waals surface area contributed by atoms with Crippen LogP contribution >= 0.6 is 0 Å². The minimum Gasteiger partial charge on any atom is -0.388 e. The van der Waals surface area contributed by atoms with Crippen LogP contribution in [0, 0.1) is 0 Å². The van der Waals surface area contributed by atoms with Gasteiger partial charge in [-0.05, 0) is 5.56 Å². The lowest BCUT2D eigenvalue weighted by atomic mass is 9.82. The third kappa shape index (κ3) is 2.56. The highest BCUT2D eigenvalue weighted by Gasteiger charge is 2.42. The first-order chi connectivity index (χ1) is 10.5. The summed E-state index contributed by atoms with van der Waals surface area (Å²) >= 11 is 0. The van der Waals surface area contributed by atoms with Gasteiger partial charge in [-0.15, -0.1) is 0 Å². The number of nitrogens with zero attached hydrogens (tertiary/aromatic N) is 2. The molecule has 0 amide bonds. The fourth-order valence-corrected chi connectivity index (χ4v) is 2.82. The molecule has 7 heteroatoms. The number of nitrogens with two attached hydrogens (primary N) is 1. The van der Waals surface area contributed by atoms with E-state index >= 15 is 0 Å². The van der Waals surface area contributed by atoms with Gasteiger partial charge in [-0.2, -0.15) is 4.98 Å². The molecule has 1 aliphatic rings. The average molecular weight is 302 g/mol. The van der Waals surface area contributed by atoms with Gasteiger partial charge in [-0.25, -0.2) is 0 Å². The van der Waals surface area contributed by atoms with Crippen LogP contribution in [0.5, 0.6) is 0 Å². The van der Waals surface area contributed by atoms with Crippen LogP contribution in [-0.4, -0.2) is 39.4 Å². The Morgan fingerprint density at radius 3 is 2.73 bits per heavy atom. The van der Waals surface area contributed by atoms with E-state index in [4.69, 9.17) is 5.73 Å². The Balaban J connectivity index is 1.84. The predicted molar refractivity (Wildman–Crippen MR) is 82.4 cm³/mol. The Morgan fingerprint density at radius 2 is 2.09 bits per heavy atom. The number of aliphatic hydroxyl groups excluding tert-OH is 1. The number of β-amino-alcohol motifs (C(OH)–C–C–N with tert-alkyl or cyclic N) is 1. The summed E-state index contributed by atoms with van der Waals surface area (Å²) in [4.78, 5) is 19.7. The molecule has 1 aromatic carbocycles. The van der Waals surface area contributed by atoms with Crippen LogP contribution in [0.1, 0.15) is 12.0 Å². The van der Waals surface area contributed by atoms with E-state index in [0.29, 0.717) is 24.3 Å². The minimum absolute atomic E-state index is 0.0286. The Hall–Kier alpha value is -2.38. The van der Waals surface area contributed by atoms with Crippen LogP contribution in [0.4, 0.5) is 11.8 Å². The van der Waals surface area contributed by atoms with Gasteiger partial charge in [0.05, 0.1) is 0 Å². The number of hydrogen-bond acceptors (Lipinski definition) is 6. The summed E-state index contributed by atoms with van der Waals surface area (Å²) in [6, 6.07) is 10.4. The maximum absolute atomic E-state index is 11.5. The lowest BCUT2D eigenvalue weighted by Crippen LogP contribution is -2.54. The largest absolute Gasteiger partial charge is 0.388 e. The minimum atomic E-state index is -1.30. The molecule has 0 aliphatic carbocycles. The Kier molecular flexibility index (Phi) is 3.59. The molecule has 0 bridgehead atoms. The molecule has 1 saturated heterocycles. The van der Waals surface area contributed by atoms with Gasteiger partial charge in [-0.3, -0.25) is 9.78 Å². The molecule has 7 nitrogen and oxygen atoms in total. The lowest BCUT2D eigenvalue weighted by molar-refractivity contribution is -0.0918. The second-order valence-electron chi connectivity index (χ2n) is 5.49. The molecule has 5 N–H and O–H groups in total. The van der Waals surface area contributed by atoms with E-state index in [-0.39, 0.29) is 18.1 Å². The van der Waals surface area contributed by atoms with Crippen molar-refractivity contribution < 1.29 is 10.2 Å². The number of nitrogen functional groups attached to an aromatic ring is 1. The van der Waals surface area contributed by atoms with Crippen molar-refractivity contribution >= 4 is 11.8 Å². The first-order valence-corrected chi connectivity index (χ1v) is 7.07. The van der Waals surface area contributed by atoms with Gasteiger partial charge in [0, 0.05) is 25.6 Å². The van der Waals surface area contributed by atoms with E-state index in [1.54, 1.807) is 17.0 Å². The van der Waals surface area contributed by atoms with Gasteiger partial charge in [0.25, 0.3) is 5.56 Å². The zero-order chi connectivity index (χ0) is 15.7. The molecule has 1 fully saturated rings. The number of nitrogens with one attached hydrogen (secondary N) is 1. The highest BCUT2D eigenvalue weighted by atomic mass is 16.3. The van der Waals surface area contributed by atoms with Gasteiger partial charge < -0.3 is 20.8 Å². The molecule has 1 aromatic heterocycles. The van der Waals surface area contributed by atoms with Crippen LogP contribution in [0.25, 0.3) is 0 Å². The summed E-state index contributed by atoms with van der Waals surface area (Å²) < 4.78 is 0. The smallest absolute Gasteiger partial charge is 0.254 e. The number of aliphatic hydroxyl groups is 2. The highest BCUT2D eigenvalue weighted by molar-refractivity contribution is 5.43. The number of H-pyrrole nitrogens is 1. The molecule has 0 radical (unpaired) electrons. The molecule has 2 heterocycles. The summed E-state index contributed by atoms with van der Waals surface area (Å²) in [5.74, 6) is 0.427. The van der Waals surface area contributed by atoms with Gasteiger partial charge >= 0.3 is 0 Å². The molecule has 1 aliphatic heterocycles. The number of hydrogen-bond donors (Lipinski definition) is 4. The summed E-state index contributed by atoms with van der Waals surface area (Å²) in [6.45, 7) is 0.625. The Bertz CT molecular complexity index is 718. The molecule has 0 saturated carbocycles. The molecule has 0 unspecified atom stereocenters. The van der Waals surface area contributed by atoms with E-state index in [0.717, 1.165) is 0 Å². The number of benzene rings is 1. The van der Waals surface area contributed by atoms with Crippen molar-refractivity contribution in [1.29, 1.82) is 0 Å². The van der Waals surface area contributed by atoms with E-state index < -0.39 is 11.7 Å². The van der Waals surface area contributed by atoms with Crippen molar-refractivity contribution in [2.45, 2.75) is 18.1 Å². The number of anilines is 2. The zero-order valence-electron chi connectivity index (χ0n) is 11.9. The van der Waals surface area contributed by atoms with Crippen molar-refractivity contribution in [3.63, 3.8) is 0 Å². The molecular formula is C15H18N4O3. The van der Waals surface area contributed by atoms with Gasteiger partial charge in [0.1, 0.15) is 17.5 Å². The number of aromatic amines is 1. The highest BCUT2D eigenvalue weighted by Crippen LogP contribution is 2.34. The van der Waals surface area contributed by atoms with Crippen molar-refractivity contribution in [3.8, 4) is 0 Å². The van der Waals surface area contributed by atoms with Gasteiger partial charge in [0.15, 0.2) is 0 Å². The monoisotopic (exact) mass is 302 g/mol. The zero-order valence-corrected chi connectivity index (χ0v) is 11.9. The number of piperidine rings is 1. The Morgan fingerprint density at radius 1 is 1.36 bits per heavy atom. The fourth-order valence-electron chi connectivity index (χ4n) is 2.82. The van der Waals surface area contributed by atoms with Crippen molar-refractivity contribution in [2.24, 2.45) is 0 Å². The van der Waals surface area contributed by atoms with E-state index in [1.165, 1.54) is 6.07 Å². The van der Waals surface area contributed by atoms with E-state index in [9.17, 15) is 15.0 Å². The molecule has 0 spiro atoms. The van der Waals surface area contributed by atoms with Gasteiger partial charge in [0.2, 0.25) is 5.95 Å². The normalized spacial score (nSPS) is 25.2. The average Bonchev–Trinajstić information content (AvgIpc) is 2.50. The van der Waals surface area contributed by atoms with E-state index in [1.807, 2.05) is 18.2 Å². The van der Waals surface area contributed by atoms with Crippen LogP contribution in [0.2, 0.25) is 0 Å². The maximum Gasteiger partial charge on any atom is 0.254 e. The third-order valence-corrected chi connectivity index (χ3v) is 4.05. The van der Waals surface area contributed by atoms with Crippen molar-refractivity contribution in [2.75, 3.05) is 23.7 Å². The van der Waals surface area contributed by atoms with Crippen LogP contribution in [0.15, 0.2) is 41.2 Å². The van der Waals surface area contributed by atoms with Crippen LogP contribution < -0.4 is 16.2 Å². The predicted octanol–water partition coefficient (Wildman–Crippen LogP) is -0.189. The summed E-state index contributed by atoms with van der Waals surface area (Å²) in [7, 11) is 0. The maximum atomic E-state index is 11.5. The molecule has 3 rings (SSSR count). The molecule has 22 heavy (non-hydrogen) atoms. The summed E-state index contributed by atoms with van der Waals surface area (Å²) in [5, 5.41) is 21.2. The summed E-state index contributed by atoms with van der Waals surface area (Å²) in [6.07, 6.45) is -0.669. The Labute approximate surface area is 127 Å². The quantitative estimate of drug-likeness (QED) is 0.611. The number of aromatic nitrogens is 2. The second kappa shape index (κ2) is 5.43. The first kappa shape index (κ1) is 14.6. The van der Waals surface area contributed by atoms with Crippen molar-refractivity contribution in [1.82, 2.24) is 9.97 Å². The van der Waals surface area contributed by atoms with Crippen LogP contribution in [0.3, 0.4) is 0 Å². The molecular weight excluding hydrogens is 284 g/mol. The van der Waals surface area contributed by atoms with E-state index in [2.05, 4.69) is 9.97 Å². The van der Waals surface area contributed by atoms with Crippen molar-refractivity contribution in [3.05, 3.63) is 52.3 Å². The lowest BCUT2D eigenvalue weighted by Gasteiger charge is -2.42. The standard InChI is InChI=1S/C15H18N4O3/c16-14-17-12(8-13(21)18-14)19-7-6-15(22,11(20)9-19)10-4-2-1-3-5-10/h1-5,8,11,20,22H,6-7,9H2,(H3,16,17,18,21)/t11-,15-/m0/s1. The molecule has 2 atom stereocenters. The van der Waals surface area contributed by atoms with Gasteiger partial charge in [-0.1, -0.05) is 30.3 Å². The SMILES string of the molecule is Nc1nc(N2CC[C@](O)(c3ccccc3)[C@@H](O)C2)cc(=O)[nH]1. The number of rotatable bonds is 2. The first-order valence-electron chi connectivity index (χ1n) is 7.07. The molecule has 2 aromatic rings. The molecule has 116 valence electrons. The topological polar surface area (TPSA) is 115 Å². The van der Waals surface area contributed by atoms with Crippen LogP contribution in [-0.2, 0) is 5.60 Å². The fraction of sp³-hybridized carbons (Fsp3) is 0.333.